The third kappa shape index (κ3) is 4.65. The summed E-state index contributed by atoms with van der Waals surface area (Å²) in [4.78, 5) is 24.5. The Labute approximate surface area is 174 Å². The van der Waals surface area contributed by atoms with Gasteiger partial charge in [-0.05, 0) is 30.7 Å². The van der Waals surface area contributed by atoms with Crippen molar-refractivity contribution in [3.05, 3.63) is 89.2 Å². The van der Waals surface area contributed by atoms with Crippen molar-refractivity contribution < 1.29 is 18.7 Å². The topological polar surface area (TPSA) is 92.3 Å². The summed E-state index contributed by atoms with van der Waals surface area (Å²) in [5.41, 5.74) is 1.77. The van der Waals surface area contributed by atoms with E-state index in [9.17, 15) is 14.9 Å². The van der Waals surface area contributed by atoms with E-state index in [0.29, 0.717) is 22.6 Å². The highest BCUT2D eigenvalue weighted by Gasteiger charge is 2.17. The molecule has 6 nitrogen and oxygen atoms in total. The molecule has 0 aliphatic carbocycles. The molecule has 0 unspecified atom stereocenters. The third-order valence-corrected chi connectivity index (χ3v) is 4.52. The molecular weight excluding hydrogens is 380 g/mol. The van der Waals surface area contributed by atoms with Crippen LogP contribution in [0.2, 0.25) is 0 Å². The predicted octanol–water partition coefficient (Wildman–Crippen LogP) is 4.52. The molecule has 1 heterocycles. The summed E-state index contributed by atoms with van der Waals surface area (Å²) in [6.45, 7) is 1.84. The molecule has 3 aromatic rings. The maximum Gasteiger partial charge on any atom is 0.338 e. The molecule has 1 N–H and O–H groups in total. The summed E-state index contributed by atoms with van der Waals surface area (Å²) in [7, 11) is 1.31. The van der Waals surface area contributed by atoms with Crippen LogP contribution in [0.15, 0.2) is 76.7 Å². The van der Waals surface area contributed by atoms with Gasteiger partial charge in [0.2, 0.25) is 0 Å². The maximum absolute atomic E-state index is 12.5. The summed E-state index contributed by atoms with van der Waals surface area (Å²) < 4.78 is 10.6. The zero-order valence-electron chi connectivity index (χ0n) is 16.6. The summed E-state index contributed by atoms with van der Waals surface area (Å²) in [5.74, 6) is -0.228. The number of amides is 1. The average molecular weight is 400 g/mol. The Hall–Kier alpha value is -4.11. The fraction of sp³-hybridized carbons (Fsp3) is 0.125. The van der Waals surface area contributed by atoms with E-state index >= 15 is 0 Å². The summed E-state index contributed by atoms with van der Waals surface area (Å²) >= 11 is 0. The number of furan rings is 1. The van der Waals surface area contributed by atoms with Gasteiger partial charge in [0.05, 0.1) is 18.7 Å². The highest BCUT2D eigenvalue weighted by Crippen LogP contribution is 2.27. The second kappa shape index (κ2) is 9.39. The number of nitriles is 1. The second-order valence-electron chi connectivity index (χ2n) is 6.51. The largest absolute Gasteiger partial charge is 0.465 e. The highest BCUT2D eigenvalue weighted by atomic mass is 16.5. The van der Waals surface area contributed by atoms with Crippen LogP contribution in [0, 0.1) is 11.3 Å². The quantitative estimate of drug-likeness (QED) is 0.373. The number of carbonyl (C=O) groups excluding carboxylic acids is 2. The molecule has 0 saturated carbocycles. The van der Waals surface area contributed by atoms with Crippen LogP contribution in [-0.2, 0) is 9.53 Å². The minimum absolute atomic E-state index is 0.0834. The van der Waals surface area contributed by atoms with Gasteiger partial charge in [-0.25, -0.2) is 4.79 Å². The van der Waals surface area contributed by atoms with Gasteiger partial charge in [-0.15, -0.1) is 0 Å². The smallest absolute Gasteiger partial charge is 0.338 e. The molecule has 1 atom stereocenters. The Kier molecular flexibility index (Phi) is 6.46. The van der Waals surface area contributed by atoms with Crippen LogP contribution >= 0.6 is 0 Å². The number of ether oxygens (including phenoxy) is 1. The van der Waals surface area contributed by atoms with E-state index in [1.165, 1.54) is 13.2 Å². The first-order valence-corrected chi connectivity index (χ1v) is 9.28. The second-order valence-corrected chi connectivity index (χ2v) is 6.51. The molecule has 1 amide bonds. The molecule has 0 radical (unpaired) electrons. The van der Waals surface area contributed by atoms with Crippen molar-refractivity contribution in [1.82, 2.24) is 5.32 Å². The van der Waals surface area contributed by atoms with Gasteiger partial charge in [-0.2, -0.15) is 5.26 Å². The summed E-state index contributed by atoms with van der Waals surface area (Å²) in [5, 5.41) is 12.2. The van der Waals surface area contributed by atoms with E-state index < -0.39 is 11.9 Å². The van der Waals surface area contributed by atoms with Crippen LogP contribution in [0.3, 0.4) is 0 Å². The number of hydrogen-bond acceptors (Lipinski definition) is 5. The first-order chi connectivity index (χ1) is 14.5. The minimum Gasteiger partial charge on any atom is -0.465 e. The Balaban J connectivity index is 1.82. The van der Waals surface area contributed by atoms with Crippen molar-refractivity contribution in [3.8, 4) is 17.4 Å². The van der Waals surface area contributed by atoms with Crippen molar-refractivity contribution in [3.63, 3.8) is 0 Å². The van der Waals surface area contributed by atoms with Crippen molar-refractivity contribution in [2.75, 3.05) is 7.11 Å². The van der Waals surface area contributed by atoms with Crippen molar-refractivity contribution >= 4 is 18.0 Å². The lowest BCUT2D eigenvalue weighted by Crippen LogP contribution is -2.27. The fourth-order valence-corrected chi connectivity index (χ4v) is 2.95. The average Bonchev–Trinajstić information content (AvgIpc) is 3.25. The SMILES string of the molecule is COC(=O)c1ccccc1-c1ccc(/C=C(/C#N)C(=O)N[C@@H](C)c2ccccc2)o1. The van der Waals surface area contributed by atoms with Crippen LogP contribution in [0.1, 0.15) is 34.6 Å². The van der Waals surface area contributed by atoms with Gasteiger partial charge in [0, 0.05) is 11.6 Å². The fourth-order valence-electron chi connectivity index (χ4n) is 2.95. The molecule has 1 aromatic heterocycles. The molecule has 0 aliphatic rings. The number of esters is 1. The third-order valence-electron chi connectivity index (χ3n) is 4.52. The highest BCUT2D eigenvalue weighted by molar-refractivity contribution is 6.01. The van der Waals surface area contributed by atoms with Gasteiger partial charge in [-0.1, -0.05) is 48.5 Å². The normalized spacial score (nSPS) is 12.0. The lowest BCUT2D eigenvalue weighted by Gasteiger charge is -2.13. The van der Waals surface area contributed by atoms with Crippen LogP contribution in [0.4, 0.5) is 0 Å². The number of nitrogens with zero attached hydrogens (tertiary/aromatic N) is 1. The first-order valence-electron chi connectivity index (χ1n) is 9.28. The molecule has 0 spiro atoms. The zero-order valence-corrected chi connectivity index (χ0v) is 16.6. The molecule has 3 rings (SSSR count). The Bertz CT molecular complexity index is 1120. The summed E-state index contributed by atoms with van der Waals surface area (Å²) in [6.07, 6.45) is 1.37. The maximum atomic E-state index is 12.5. The number of rotatable bonds is 6. The van der Waals surface area contributed by atoms with Crippen molar-refractivity contribution in [2.45, 2.75) is 13.0 Å². The molecule has 0 bridgehead atoms. The van der Waals surface area contributed by atoms with Crippen molar-refractivity contribution in [1.29, 1.82) is 5.26 Å². The molecule has 0 fully saturated rings. The Morgan fingerprint density at radius 3 is 2.47 bits per heavy atom. The predicted molar refractivity (Wildman–Crippen MR) is 112 cm³/mol. The van der Waals surface area contributed by atoms with E-state index in [0.717, 1.165) is 5.56 Å². The van der Waals surface area contributed by atoms with Gasteiger partial charge in [0.15, 0.2) is 0 Å². The van der Waals surface area contributed by atoms with E-state index in [4.69, 9.17) is 9.15 Å². The molecular formula is C24H20N2O4. The number of nitrogens with one attached hydrogen (secondary N) is 1. The Morgan fingerprint density at radius 2 is 1.77 bits per heavy atom. The van der Waals surface area contributed by atoms with E-state index in [1.807, 2.05) is 43.3 Å². The van der Waals surface area contributed by atoms with Gasteiger partial charge in [0.1, 0.15) is 23.2 Å². The van der Waals surface area contributed by atoms with Gasteiger partial charge >= 0.3 is 5.97 Å². The summed E-state index contributed by atoms with van der Waals surface area (Å²) in [6, 6.07) is 21.3. The lowest BCUT2D eigenvalue weighted by molar-refractivity contribution is -0.117. The minimum atomic E-state index is -0.498. The van der Waals surface area contributed by atoms with Crippen molar-refractivity contribution in [2.24, 2.45) is 0 Å². The monoisotopic (exact) mass is 400 g/mol. The number of methoxy groups -OCH3 is 1. The number of hydrogen-bond donors (Lipinski definition) is 1. The van der Waals surface area contributed by atoms with E-state index in [1.54, 1.807) is 36.4 Å². The number of carbonyl (C=O) groups is 2. The number of benzene rings is 2. The van der Waals surface area contributed by atoms with Gasteiger partial charge in [-0.3, -0.25) is 4.79 Å². The van der Waals surface area contributed by atoms with Crippen LogP contribution in [0.5, 0.6) is 0 Å². The van der Waals surface area contributed by atoms with Gasteiger partial charge < -0.3 is 14.5 Å². The molecule has 150 valence electrons. The zero-order chi connectivity index (χ0) is 21.5. The van der Waals surface area contributed by atoms with E-state index in [-0.39, 0.29) is 11.6 Å². The van der Waals surface area contributed by atoms with Crippen LogP contribution in [0.25, 0.3) is 17.4 Å². The first kappa shape index (κ1) is 20.6. The van der Waals surface area contributed by atoms with E-state index in [2.05, 4.69) is 5.32 Å². The molecule has 0 aliphatic heterocycles. The lowest BCUT2D eigenvalue weighted by atomic mass is 10.1. The molecule has 30 heavy (non-hydrogen) atoms. The van der Waals surface area contributed by atoms with Crippen LogP contribution in [-0.4, -0.2) is 19.0 Å². The standard InChI is InChI=1S/C24H20N2O4/c1-16(17-8-4-3-5-9-17)26-23(27)18(15-25)14-19-12-13-22(30-19)20-10-6-7-11-21(20)24(28)29-2/h3-14,16H,1-2H3,(H,26,27)/b18-14-/t16-/m0/s1. The Morgan fingerprint density at radius 1 is 1.07 bits per heavy atom. The molecule has 0 saturated heterocycles. The van der Waals surface area contributed by atoms with Crippen LogP contribution < -0.4 is 5.32 Å². The molecule has 6 heteroatoms. The molecule has 2 aromatic carbocycles. The van der Waals surface area contributed by atoms with Gasteiger partial charge in [0.25, 0.3) is 5.91 Å².